The van der Waals surface area contributed by atoms with Gasteiger partial charge in [-0.1, -0.05) is 394 Å². The summed E-state index contributed by atoms with van der Waals surface area (Å²) in [7, 11) is 12.1. The summed E-state index contributed by atoms with van der Waals surface area (Å²) in [5.41, 5.74) is -2.42. The molecule has 0 saturated carbocycles. The Morgan fingerprint density at radius 3 is 0.823 bits per heavy atom. The minimum Gasteiger partial charge on any atom is -0.874 e. The van der Waals surface area contributed by atoms with Crippen LogP contribution >= 0.6 is 0 Å². The van der Waals surface area contributed by atoms with Gasteiger partial charge in [0, 0.05) is 11.3 Å². The number of unbranched alkanes of at least 4 members (excludes halogenated alkanes) is 60. The number of ether oxygens (including phenoxy) is 2. The van der Waals surface area contributed by atoms with Crippen LogP contribution in [0.25, 0.3) is 0 Å². The van der Waals surface area contributed by atoms with Crippen molar-refractivity contribution < 1.29 is 57.7 Å². The molecule has 0 heterocycles. The van der Waals surface area contributed by atoms with Crippen LogP contribution in [0.3, 0.4) is 0 Å². The molecule has 0 aromatic heterocycles. The Morgan fingerprint density at radius 1 is 0.345 bits per heavy atom. The maximum absolute atomic E-state index is 12.6. The first-order valence-corrected chi connectivity index (χ1v) is 47.4. The quantitative estimate of drug-likeness (QED) is 0.0160. The molecular weight excluding hydrogens is 1410 g/mol. The van der Waals surface area contributed by atoms with Gasteiger partial charge in [-0.25, -0.2) is 14.4 Å². The van der Waals surface area contributed by atoms with Crippen LogP contribution in [0.2, 0.25) is 0 Å². The van der Waals surface area contributed by atoms with Crippen molar-refractivity contribution in [3.05, 3.63) is 70.1 Å². The maximum Gasteiger partial charge on any atom is 0.340 e. The van der Waals surface area contributed by atoms with Crippen molar-refractivity contribution in [2.24, 2.45) is 10.2 Å². The first kappa shape index (κ1) is 108. The SMILES string of the molecule is CCCCCCCCCCCCCCCCCC[N+](C)(C)CCCCCCCCCCCCCCCCCC.CCCCCCCCCCCCCCCCCC[N+](C)(C)CCCCCCCCCCCCCCCCCC.COC(=O)c1ccc(C(=O)OC)c(N=NC(C(=O)Nc2cc(C(=O)[O-])cc(C(=O)O)c2)=C(C)[O-])c1. The molecule has 2 N–H and O–H groups in total. The minimum absolute atomic E-state index is 0.0109. The number of anilines is 1. The van der Waals surface area contributed by atoms with Gasteiger partial charge in [-0.3, -0.25) is 4.79 Å². The minimum atomic E-state index is -1.69. The standard InChI is InChI=1S/2C38H80N.C22H19N3O10/c2*1-5-7-9-11-13-15-17-19-21-23-25-27-29-31-33-35-37-39(3,4)38-36-34-32-30-28-26-24-22-20-18-16-14-12-10-8-6-2;1-10(26)17(18(27)23-14-7-12(19(28)29)6-13(8-14)20(30)31)25-24-16-9-11(21(32)34-2)4-5-15(16)22(33)35-3/h2*5-38H2,1-4H3;4-9,26H,1-3H3,(H,23,27)(H,28,29)(H,30,31)/q2*+1;/p-2. The van der Waals surface area contributed by atoms with Crippen molar-refractivity contribution in [3.8, 4) is 0 Å². The van der Waals surface area contributed by atoms with Crippen LogP contribution < -0.4 is 15.5 Å². The number of esters is 2. The van der Waals surface area contributed by atoms with E-state index < -0.39 is 52.4 Å². The van der Waals surface area contributed by atoms with Gasteiger partial charge in [0.1, 0.15) is 11.4 Å². The van der Waals surface area contributed by atoms with Gasteiger partial charge >= 0.3 is 17.9 Å². The number of hydrogen-bond acceptors (Lipinski definition) is 11. The third-order valence-electron chi connectivity index (χ3n) is 22.8. The molecule has 654 valence electrons. The van der Waals surface area contributed by atoms with Gasteiger partial charge in [-0.2, -0.15) is 0 Å². The lowest BCUT2D eigenvalue weighted by molar-refractivity contribution is -0.890. The number of nitrogens with one attached hydrogen (secondary N) is 1. The zero-order valence-corrected chi connectivity index (χ0v) is 75.5. The van der Waals surface area contributed by atoms with Crippen LogP contribution in [-0.2, 0) is 14.3 Å². The number of carbonyl (C=O) groups is 5. The zero-order chi connectivity index (χ0) is 83.4. The Bertz CT molecular complexity index is 2480. The van der Waals surface area contributed by atoms with Crippen molar-refractivity contribution >= 4 is 41.2 Å². The Kier molecular flexibility index (Phi) is 73.3. The fourth-order valence-corrected chi connectivity index (χ4v) is 15.2. The van der Waals surface area contributed by atoms with Crippen LogP contribution in [0.4, 0.5) is 11.4 Å². The molecule has 15 heteroatoms. The van der Waals surface area contributed by atoms with Crippen LogP contribution in [0.1, 0.15) is 487 Å². The Labute approximate surface area is 695 Å². The zero-order valence-electron chi connectivity index (χ0n) is 75.5. The van der Waals surface area contributed by atoms with E-state index in [1.54, 1.807) is 0 Å². The van der Waals surface area contributed by atoms with E-state index in [9.17, 15) is 34.2 Å². The summed E-state index contributed by atoms with van der Waals surface area (Å²) < 4.78 is 11.7. The van der Waals surface area contributed by atoms with E-state index in [1.165, 1.54) is 458 Å². The molecule has 113 heavy (non-hydrogen) atoms. The van der Waals surface area contributed by atoms with Gasteiger partial charge in [-0.15, -0.1) is 16.0 Å². The molecule has 0 radical (unpaired) electrons. The summed E-state index contributed by atoms with van der Waals surface area (Å²) in [6.45, 7) is 15.8. The molecule has 0 bridgehead atoms. The second-order valence-corrected chi connectivity index (χ2v) is 34.6. The Hall–Kier alpha value is -5.15. The smallest absolute Gasteiger partial charge is 0.340 e. The van der Waals surface area contributed by atoms with E-state index in [0.717, 1.165) is 45.4 Å². The van der Waals surface area contributed by atoms with Crippen molar-refractivity contribution in [2.75, 3.05) is 73.9 Å². The third-order valence-corrected chi connectivity index (χ3v) is 22.8. The predicted molar refractivity (Wildman–Crippen MR) is 475 cm³/mol. The van der Waals surface area contributed by atoms with Crippen molar-refractivity contribution in [3.63, 3.8) is 0 Å². The number of carbonyl (C=O) groups excluding carboxylic acids is 4. The topological polar surface area (TPSA) is 207 Å². The number of quaternary nitrogens is 2. The summed E-state index contributed by atoms with van der Waals surface area (Å²) in [5, 5.41) is 41.8. The second kappa shape index (κ2) is 76.8. The average Bonchev–Trinajstić information content (AvgIpc) is 0.832. The number of azo groups is 1. The molecule has 2 rings (SSSR count). The van der Waals surface area contributed by atoms with Gasteiger partial charge in [0.25, 0.3) is 5.91 Å². The number of nitrogens with zero attached hydrogens (tertiary/aromatic N) is 4. The number of carboxylic acids is 2. The fourth-order valence-electron chi connectivity index (χ4n) is 15.2. The molecule has 15 nitrogen and oxygen atoms in total. The Morgan fingerprint density at radius 2 is 0.593 bits per heavy atom. The van der Waals surface area contributed by atoms with Gasteiger partial charge in [0.15, 0.2) is 0 Å². The van der Waals surface area contributed by atoms with Crippen LogP contribution in [0.15, 0.2) is 58.1 Å². The molecule has 2 aromatic rings. The number of methoxy groups -OCH3 is 2. The van der Waals surface area contributed by atoms with Crippen LogP contribution in [0.5, 0.6) is 0 Å². The van der Waals surface area contributed by atoms with Gasteiger partial charge in [-0.05, 0) is 87.8 Å². The third kappa shape index (κ3) is 66.6. The average molecular weight is 1590 g/mol. The van der Waals surface area contributed by atoms with Crippen molar-refractivity contribution in [2.45, 2.75) is 446 Å². The summed E-state index contributed by atoms with van der Waals surface area (Å²) >= 11 is 0. The summed E-state index contributed by atoms with van der Waals surface area (Å²) in [6, 6.07) is 6.30. The van der Waals surface area contributed by atoms with Crippen LogP contribution in [-0.4, -0.2) is 112 Å². The van der Waals surface area contributed by atoms with E-state index in [-0.39, 0.29) is 22.5 Å². The van der Waals surface area contributed by atoms with Gasteiger partial charge < -0.3 is 43.9 Å². The number of amides is 1. The van der Waals surface area contributed by atoms with Crippen molar-refractivity contribution in [1.82, 2.24) is 0 Å². The number of rotatable bonds is 76. The number of benzene rings is 2. The molecule has 0 saturated heterocycles. The number of allylic oxidation sites excluding steroid dienone is 1. The van der Waals surface area contributed by atoms with E-state index in [1.807, 2.05) is 0 Å². The van der Waals surface area contributed by atoms with E-state index in [4.69, 9.17) is 5.11 Å². The summed E-state index contributed by atoms with van der Waals surface area (Å²) in [5.74, 6) is -6.79. The summed E-state index contributed by atoms with van der Waals surface area (Å²) in [4.78, 5) is 58.8. The number of aromatic carboxylic acids is 2. The summed E-state index contributed by atoms with van der Waals surface area (Å²) in [6.07, 6.45) is 93.9. The fraction of sp³-hybridized carbons (Fsp3) is 0.806. The molecule has 0 aliphatic carbocycles. The highest BCUT2D eigenvalue weighted by atomic mass is 16.5. The lowest BCUT2D eigenvalue weighted by atomic mass is 10.0. The highest BCUT2D eigenvalue weighted by molar-refractivity contribution is 6.05. The normalized spacial score (nSPS) is 11.8. The molecule has 0 fully saturated rings. The predicted octanol–water partition coefficient (Wildman–Crippen LogP) is 27.8. The molecule has 0 unspecified atom stereocenters. The molecule has 0 spiro atoms. The molecule has 0 atom stereocenters. The van der Waals surface area contributed by atoms with Gasteiger partial charge in [0.05, 0.1) is 91.2 Å². The highest BCUT2D eigenvalue weighted by Gasteiger charge is 2.20. The Balaban J connectivity index is 0.00000167. The molecule has 2 aromatic carbocycles. The molecule has 0 aliphatic heterocycles. The largest absolute Gasteiger partial charge is 0.874 e. The van der Waals surface area contributed by atoms with Gasteiger partial charge in [0.2, 0.25) is 0 Å². The maximum atomic E-state index is 12.6. The molecule has 0 aliphatic rings. The first-order valence-electron chi connectivity index (χ1n) is 47.4. The van der Waals surface area contributed by atoms with E-state index in [0.29, 0.717) is 0 Å². The lowest BCUT2D eigenvalue weighted by Crippen LogP contribution is -2.41. The highest BCUT2D eigenvalue weighted by Crippen LogP contribution is 2.27. The lowest BCUT2D eigenvalue weighted by Gasteiger charge is -2.30. The molecule has 1 amide bonds. The monoisotopic (exact) mass is 1580 g/mol. The van der Waals surface area contributed by atoms with E-state index >= 15 is 0 Å². The van der Waals surface area contributed by atoms with Crippen LogP contribution in [0, 0.1) is 0 Å². The van der Waals surface area contributed by atoms with E-state index in [2.05, 4.69) is 80.9 Å². The molecular formula is C98H177N5O10. The number of hydrogen-bond donors (Lipinski definition) is 2. The first-order chi connectivity index (χ1) is 54.7. The van der Waals surface area contributed by atoms with Crippen molar-refractivity contribution in [1.29, 1.82) is 0 Å². The number of carboxylic acid groups (broad SMARTS) is 2. The second-order valence-electron chi connectivity index (χ2n) is 34.6.